The highest BCUT2D eigenvalue weighted by molar-refractivity contribution is 6.32. The Morgan fingerprint density at radius 1 is 1.27 bits per heavy atom. The van der Waals surface area contributed by atoms with Crippen molar-refractivity contribution in [3.63, 3.8) is 0 Å². The van der Waals surface area contributed by atoms with E-state index in [0.717, 1.165) is 12.8 Å². The third kappa shape index (κ3) is 7.44. The Bertz CT molecular complexity index is 515. The third-order valence-corrected chi connectivity index (χ3v) is 3.11. The van der Waals surface area contributed by atoms with E-state index in [9.17, 15) is 4.79 Å². The number of hydrogen-bond donors (Lipinski definition) is 3. The van der Waals surface area contributed by atoms with Gasteiger partial charge in [-0.3, -0.25) is 9.79 Å². The molecule has 0 bridgehead atoms. The highest BCUT2D eigenvalue weighted by atomic mass is 35.5. The lowest BCUT2D eigenvalue weighted by atomic mass is 10.1. The maximum atomic E-state index is 11.8. The number of guanidine groups is 1. The van der Waals surface area contributed by atoms with Gasteiger partial charge in [0.2, 0.25) is 0 Å². The monoisotopic (exact) mass is 347 g/mol. The molecule has 0 saturated heterocycles. The Hall–Kier alpha value is -1.57. The molecule has 0 aromatic carbocycles. The molecule has 0 radical (unpaired) electrons. The SMILES string of the molecule is NC(N)=NCCCC[C@H](N)C(=O)OCc1cc(Cl)nc(Cl)c1. The first-order chi connectivity index (χ1) is 10.4. The summed E-state index contributed by atoms with van der Waals surface area (Å²) in [7, 11) is 0. The zero-order valence-corrected chi connectivity index (χ0v) is 13.5. The van der Waals surface area contributed by atoms with Crippen LogP contribution in [0.1, 0.15) is 24.8 Å². The van der Waals surface area contributed by atoms with Crippen molar-refractivity contribution in [3.8, 4) is 0 Å². The number of nitrogens with zero attached hydrogens (tertiary/aromatic N) is 2. The van der Waals surface area contributed by atoms with Crippen LogP contribution in [0.4, 0.5) is 0 Å². The van der Waals surface area contributed by atoms with Crippen molar-refractivity contribution in [2.45, 2.75) is 31.9 Å². The molecule has 0 aliphatic rings. The third-order valence-electron chi connectivity index (χ3n) is 2.72. The first-order valence-electron chi connectivity index (χ1n) is 6.68. The maximum Gasteiger partial charge on any atom is 0.323 e. The molecule has 0 aliphatic heterocycles. The van der Waals surface area contributed by atoms with Gasteiger partial charge in [-0.15, -0.1) is 0 Å². The van der Waals surface area contributed by atoms with Gasteiger partial charge in [0, 0.05) is 6.54 Å². The topological polar surface area (TPSA) is 130 Å². The minimum Gasteiger partial charge on any atom is -0.460 e. The zero-order chi connectivity index (χ0) is 16.5. The average molecular weight is 348 g/mol. The second-order valence-corrected chi connectivity index (χ2v) is 5.41. The highest BCUT2D eigenvalue weighted by Crippen LogP contribution is 2.15. The summed E-state index contributed by atoms with van der Waals surface area (Å²) >= 11 is 11.5. The molecule has 1 aromatic heterocycles. The Kier molecular flexibility index (Phi) is 7.94. The molecule has 0 amide bonds. The summed E-state index contributed by atoms with van der Waals surface area (Å²) in [5.41, 5.74) is 16.8. The minimum atomic E-state index is -0.688. The van der Waals surface area contributed by atoms with Gasteiger partial charge < -0.3 is 21.9 Å². The summed E-state index contributed by atoms with van der Waals surface area (Å²) in [5, 5.41) is 0.477. The fraction of sp³-hybridized carbons (Fsp3) is 0.462. The molecule has 0 unspecified atom stereocenters. The highest BCUT2D eigenvalue weighted by Gasteiger charge is 2.15. The van der Waals surface area contributed by atoms with Crippen molar-refractivity contribution in [1.29, 1.82) is 0 Å². The number of unbranched alkanes of at least 4 members (excludes halogenated alkanes) is 1. The van der Waals surface area contributed by atoms with Gasteiger partial charge in [0.1, 0.15) is 23.0 Å². The van der Waals surface area contributed by atoms with E-state index < -0.39 is 12.0 Å². The van der Waals surface area contributed by atoms with Crippen LogP contribution < -0.4 is 17.2 Å². The summed E-state index contributed by atoms with van der Waals surface area (Å²) in [5.74, 6) is -0.427. The molecule has 0 saturated carbocycles. The average Bonchev–Trinajstić information content (AvgIpc) is 2.42. The van der Waals surface area contributed by atoms with Gasteiger partial charge in [-0.25, -0.2) is 4.98 Å². The lowest BCUT2D eigenvalue weighted by Crippen LogP contribution is -2.32. The predicted octanol–water partition coefficient (Wildman–Crippen LogP) is 1.20. The van der Waals surface area contributed by atoms with Gasteiger partial charge in [0.05, 0.1) is 0 Å². The number of aliphatic imine (C=N–C) groups is 1. The summed E-state index contributed by atoms with van der Waals surface area (Å²) < 4.78 is 5.12. The number of halogens is 2. The number of carbonyl (C=O) groups is 1. The molecule has 1 atom stereocenters. The molecule has 9 heteroatoms. The van der Waals surface area contributed by atoms with Gasteiger partial charge in [-0.1, -0.05) is 23.2 Å². The fourth-order valence-electron chi connectivity index (χ4n) is 1.66. The lowest BCUT2D eigenvalue weighted by Gasteiger charge is -2.11. The van der Waals surface area contributed by atoms with Crippen LogP contribution in [-0.2, 0) is 16.1 Å². The molecule has 122 valence electrons. The Labute approximate surface area is 138 Å². The summed E-state index contributed by atoms with van der Waals surface area (Å²) in [6, 6.07) is 2.45. The van der Waals surface area contributed by atoms with Gasteiger partial charge in [0.15, 0.2) is 5.96 Å². The van der Waals surface area contributed by atoms with Crippen molar-refractivity contribution < 1.29 is 9.53 Å². The van der Waals surface area contributed by atoms with E-state index in [-0.39, 0.29) is 22.9 Å². The van der Waals surface area contributed by atoms with Crippen LogP contribution in [0, 0.1) is 0 Å². The molecule has 7 nitrogen and oxygen atoms in total. The van der Waals surface area contributed by atoms with E-state index in [1.807, 2.05) is 0 Å². The normalized spacial score (nSPS) is 11.8. The predicted molar refractivity (Wildman–Crippen MR) is 86.6 cm³/mol. The molecular formula is C13H19Cl2N5O2. The van der Waals surface area contributed by atoms with E-state index in [4.69, 9.17) is 45.1 Å². The number of rotatable bonds is 8. The summed E-state index contributed by atoms with van der Waals surface area (Å²) in [6.45, 7) is 0.556. The number of carbonyl (C=O) groups excluding carboxylic acids is 1. The first kappa shape index (κ1) is 18.5. The van der Waals surface area contributed by atoms with Gasteiger partial charge in [0.25, 0.3) is 0 Å². The maximum absolute atomic E-state index is 11.8. The van der Waals surface area contributed by atoms with E-state index >= 15 is 0 Å². The van der Waals surface area contributed by atoms with Crippen LogP contribution in [0.25, 0.3) is 0 Å². The number of hydrogen-bond acceptors (Lipinski definition) is 5. The zero-order valence-electron chi connectivity index (χ0n) is 12.0. The first-order valence-corrected chi connectivity index (χ1v) is 7.43. The summed E-state index contributed by atoms with van der Waals surface area (Å²) in [6.07, 6.45) is 1.96. The molecular weight excluding hydrogens is 329 g/mol. The van der Waals surface area contributed by atoms with E-state index in [2.05, 4.69) is 9.98 Å². The van der Waals surface area contributed by atoms with Crippen molar-refractivity contribution in [2.75, 3.05) is 6.54 Å². The van der Waals surface area contributed by atoms with Crippen LogP contribution in [0.15, 0.2) is 17.1 Å². The fourth-order valence-corrected chi connectivity index (χ4v) is 2.17. The molecule has 1 aromatic rings. The number of ether oxygens (including phenoxy) is 1. The van der Waals surface area contributed by atoms with Crippen molar-refractivity contribution in [2.24, 2.45) is 22.2 Å². The largest absolute Gasteiger partial charge is 0.460 e. The van der Waals surface area contributed by atoms with E-state index in [1.54, 1.807) is 12.1 Å². The number of aromatic nitrogens is 1. The van der Waals surface area contributed by atoms with Crippen LogP contribution in [0.2, 0.25) is 10.3 Å². The van der Waals surface area contributed by atoms with Gasteiger partial charge in [-0.05, 0) is 37.0 Å². The van der Waals surface area contributed by atoms with Crippen LogP contribution in [-0.4, -0.2) is 29.5 Å². The minimum absolute atomic E-state index is 0.0441. The number of nitrogens with two attached hydrogens (primary N) is 3. The second-order valence-electron chi connectivity index (χ2n) is 4.64. The van der Waals surface area contributed by atoms with Crippen molar-refractivity contribution >= 4 is 35.1 Å². The van der Waals surface area contributed by atoms with E-state index in [1.165, 1.54) is 0 Å². The van der Waals surface area contributed by atoms with Crippen molar-refractivity contribution in [3.05, 3.63) is 28.0 Å². The van der Waals surface area contributed by atoms with E-state index in [0.29, 0.717) is 18.5 Å². The molecule has 1 rings (SSSR count). The lowest BCUT2D eigenvalue weighted by molar-refractivity contribution is -0.146. The van der Waals surface area contributed by atoms with Gasteiger partial charge in [-0.2, -0.15) is 0 Å². The summed E-state index contributed by atoms with van der Waals surface area (Å²) in [4.78, 5) is 19.4. The molecule has 0 fully saturated rings. The van der Waals surface area contributed by atoms with Crippen LogP contribution in [0.3, 0.4) is 0 Å². The van der Waals surface area contributed by atoms with Crippen LogP contribution >= 0.6 is 23.2 Å². The molecule has 0 aliphatic carbocycles. The molecule has 0 spiro atoms. The number of esters is 1. The quantitative estimate of drug-likeness (QED) is 0.213. The Morgan fingerprint density at radius 3 is 2.50 bits per heavy atom. The van der Waals surface area contributed by atoms with Crippen molar-refractivity contribution in [1.82, 2.24) is 4.98 Å². The standard InChI is InChI=1S/C13H19Cl2N5O2/c14-10-5-8(6-11(15)20-10)7-22-12(21)9(16)3-1-2-4-19-13(17)18/h5-6,9H,1-4,7,16H2,(H4,17,18,19)/t9-/m0/s1. The Balaban J connectivity index is 2.30. The number of pyridine rings is 1. The van der Waals surface area contributed by atoms with Crippen LogP contribution in [0.5, 0.6) is 0 Å². The molecule has 1 heterocycles. The Morgan fingerprint density at radius 2 is 1.91 bits per heavy atom. The molecule has 22 heavy (non-hydrogen) atoms. The molecule has 6 N–H and O–H groups in total. The van der Waals surface area contributed by atoms with Gasteiger partial charge >= 0.3 is 5.97 Å². The smallest absolute Gasteiger partial charge is 0.323 e. The second kappa shape index (κ2) is 9.45.